The van der Waals surface area contributed by atoms with Gasteiger partial charge in [0, 0.05) is 39.3 Å². The number of nitrogens with zero attached hydrogens (tertiary/aromatic N) is 2. The first kappa shape index (κ1) is 44.4. The van der Waals surface area contributed by atoms with E-state index in [0.717, 1.165) is 9.80 Å². The van der Waals surface area contributed by atoms with Crippen LogP contribution in [-0.4, -0.2) is 95.9 Å². The fourth-order valence-corrected chi connectivity index (χ4v) is 1.44. The molecular weight excluding hydrogens is 436 g/mol. The second-order valence-electron chi connectivity index (χ2n) is 4.94. The van der Waals surface area contributed by atoms with Gasteiger partial charge in [0.15, 0.2) is 0 Å². The normalized spacial score (nSPS) is 9.97. The SMILES string of the molecule is CC(O)CO.O=C([O-])CN(CCN(CC(=O)[O-])CC(=O)[O-])CC(=O)[O-].[Na+].[Na+].[Na+].[Na+]. The van der Waals surface area contributed by atoms with Crippen molar-refractivity contribution in [1.82, 2.24) is 9.80 Å². The summed E-state index contributed by atoms with van der Waals surface area (Å²) < 4.78 is 0. The van der Waals surface area contributed by atoms with Gasteiger partial charge in [-0.1, -0.05) is 0 Å². The molecule has 0 fully saturated rings. The van der Waals surface area contributed by atoms with Crippen molar-refractivity contribution in [3.05, 3.63) is 0 Å². The minimum absolute atomic E-state index is 0. The van der Waals surface area contributed by atoms with E-state index < -0.39 is 56.2 Å². The molecule has 12 nitrogen and oxygen atoms in total. The molecule has 16 heteroatoms. The molecule has 0 aliphatic carbocycles. The molecule has 0 aromatic heterocycles. The van der Waals surface area contributed by atoms with Crippen LogP contribution in [0.1, 0.15) is 6.92 Å². The Morgan fingerprint density at radius 3 is 0.966 bits per heavy atom. The van der Waals surface area contributed by atoms with Crippen LogP contribution in [0.3, 0.4) is 0 Å². The summed E-state index contributed by atoms with van der Waals surface area (Å²) in [6, 6.07) is 0. The van der Waals surface area contributed by atoms with Crippen LogP contribution in [-0.2, 0) is 19.2 Å². The first-order chi connectivity index (χ1) is 11.5. The molecule has 0 saturated carbocycles. The molecule has 0 spiro atoms. The predicted molar refractivity (Wildman–Crippen MR) is 71.7 cm³/mol. The first-order valence-electron chi connectivity index (χ1n) is 7.00. The molecule has 0 aromatic rings. The van der Waals surface area contributed by atoms with E-state index in [1.165, 1.54) is 6.92 Å². The summed E-state index contributed by atoms with van der Waals surface area (Å²) in [4.78, 5) is 43.4. The molecule has 0 aromatic carbocycles. The van der Waals surface area contributed by atoms with Crippen LogP contribution < -0.4 is 139 Å². The summed E-state index contributed by atoms with van der Waals surface area (Å²) >= 11 is 0. The van der Waals surface area contributed by atoms with Crippen LogP contribution in [0.5, 0.6) is 0 Å². The smallest absolute Gasteiger partial charge is 0.549 e. The van der Waals surface area contributed by atoms with Crippen LogP contribution in [0.4, 0.5) is 0 Å². The molecule has 146 valence electrons. The van der Waals surface area contributed by atoms with Crippen molar-refractivity contribution in [2.75, 3.05) is 45.9 Å². The van der Waals surface area contributed by atoms with Gasteiger partial charge in [-0.25, -0.2) is 0 Å². The Labute approximate surface area is 257 Å². The summed E-state index contributed by atoms with van der Waals surface area (Å²) in [5.74, 6) is -6.12. The number of aliphatic carboxylic acids is 4. The third-order valence-electron chi connectivity index (χ3n) is 2.41. The second-order valence-corrected chi connectivity index (χ2v) is 4.94. The fraction of sp³-hybridized carbons (Fsp3) is 0.692. The number of hydrogen-bond acceptors (Lipinski definition) is 12. The second kappa shape index (κ2) is 27.8. The minimum Gasteiger partial charge on any atom is -0.549 e. The summed E-state index contributed by atoms with van der Waals surface area (Å²) in [5, 5.41) is 57.6. The molecule has 0 radical (unpaired) electrons. The molecule has 29 heavy (non-hydrogen) atoms. The molecule has 0 bridgehead atoms. The Hall–Kier alpha value is 1.72. The third-order valence-corrected chi connectivity index (χ3v) is 2.41. The van der Waals surface area contributed by atoms with Gasteiger partial charge in [0.1, 0.15) is 0 Å². The summed E-state index contributed by atoms with van der Waals surface area (Å²) in [7, 11) is 0. The Balaban J connectivity index is -0.000000131. The minimum atomic E-state index is -1.53. The van der Waals surface area contributed by atoms with Crippen molar-refractivity contribution in [2.45, 2.75) is 13.0 Å². The predicted octanol–water partition coefficient (Wildman–Crippen LogP) is -20.0. The number of aliphatic hydroxyl groups is 2. The number of carboxylic acid groups (broad SMARTS) is 4. The first-order valence-corrected chi connectivity index (χ1v) is 7.00. The van der Waals surface area contributed by atoms with Gasteiger partial charge in [-0.3, -0.25) is 9.80 Å². The Morgan fingerprint density at radius 2 is 0.862 bits per heavy atom. The number of aliphatic hydroxyl groups excluding tert-OH is 2. The van der Waals surface area contributed by atoms with E-state index in [-0.39, 0.29) is 138 Å². The fourth-order valence-electron chi connectivity index (χ4n) is 1.44. The van der Waals surface area contributed by atoms with Gasteiger partial charge in [0.2, 0.25) is 0 Å². The quantitative estimate of drug-likeness (QED) is 0.262. The van der Waals surface area contributed by atoms with Crippen molar-refractivity contribution in [3.8, 4) is 0 Å². The number of hydrogen-bond donors (Lipinski definition) is 2. The summed E-state index contributed by atoms with van der Waals surface area (Å²) in [5.41, 5.74) is 0. The molecular formula is C13H20N2Na4O10. The zero-order valence-corrected chi connectivity index (χ0v) is 25.6. The van der Waals surface area contributed by atoms with Crippen LogP contribution >= 0.6 is 0 Å². The average molecular weight is 456 g/mol. The Bertz CT molecular complexity index is 389. The number of carbonyl (C=O) groups excluding carboxylic acids is 4. The third kappa shape index (κ3) is 37.4. The van der Waals surface area contributed by atoms with Crippen molar-refractivity contribution >= 4 is 23.9 Å². The standard InChI is InChI=1S/C10H16N2O8.C3H8O2.4Na/c13-7(14)3-11(4-8(15)16)1-2-12(5-9(17)18)6-10(19)20;1-3(5)2-4;;;;/h1-6H2,(H,13,14)(H,15,16)(H,17,18)(H,19,20);3-5H,2H2,1H3;;;;/q;;4*+1/p-4. The van der Waals surface area contributed by atoms with Crippen LogP contribution in [0.15, 0.2) is 0 Å². The van der Waals surface area contributed by atoms with Gasteiger partial charge in [0.05, 0.1) is 36.6 Å². The number of carbonyl (C=O) groups is 4. The van der Waals surface area contributed by atoms with E-state index in [1.807, 2.05) is 0 Å². The van der Waals surface area contributed by atoms with E-state index in [2.05, 4.69) is 0 Å². The molecule has 2 N–H and O–H groups in total. The largest absolute Gasteiger partial charge is 1.00 e. The van der Waals surface area contributed by atoms with E-state index in [0.29, 0.717) is 0 Å². The molecule has 0 heterocycles. The zero-order chi connectivity index (χ0) is 20.0. The van der Waals surface area contributed by atoms with Gasteiger partial charge < -0.3 is 49.8 Å². The van der Waals surface area contributed by atoms with Crippen LogP contribution in [0.25, 0.3) is 0 Å². The van der Waals surface area contributed by atoms with Gasteiger partial charge in [0.25, 0.3) is 0 Å². The average Bonchev–Trinajstić information content (AvgIpc) is 2.42. The Morgan fingerprint density at radius 1 is 0.690 bits per heavy atom. The van der Waals surface area contributed by atoms with Crippen LogP contribution in [0, 0.1) is 0 Å². The molecule has 0 rings (SSSR count). The summed E-state index contributed by atoms with van der Waals surface area (Å²) in [6.07, 6.45) is -0.560. The number of carboxylic acids is 4. The zero-order valence-electron chi connectivity index (χ0n) is 17.6. The van der Waals surface area contributed by atoms with Crippen LogP contribution in [0.2, 0.25) is 0 Å². The van der Waals surface area contributed by atoms with Gasteiger partial charge in [-0.05, 0) is 6.92 Å². The number of rotatable bonds is 12. The maximum Gasteiger partial charge on any atom is 1.00 e. The summed E-state index contributed by atoms with van der Waals surface area (Å²) in [6.45, 7) is -1.86. The van der Waals surface area contributed by atoms with E-state index in [4.69, 9.17) is 10.2 Å². The molecule has 1 unspecified atom stereocenters. The maximum absolute atomic E-state index is 10.4. The van der Waals surface area contributed by atoms with Gasteiger partial charge in [-0.15, -0.1) is 0 Å². The molecule has 0 amide bonds. The van der Waals surface area contributed by atoms with Crippen molar-refractivity contribution < 1.29 is 168 Å². The van der Waals surface area contributed by atoms with Gasteiger partial charge >= 0.3 is 118 Å². The van der Waals surface area contributed by atoms with Gasteiger partial charge in [-0.2, -0.15) is 0 Å². The molecule has 1 atom stereocenters. The molecule has 0 saturated heterocycles. The van der Waals surface area contributed by atoms with Crippen molar-refractivity contribution in [3.63, 3.8) is 0 Å². The monoisotopic (exact) mass is 456 g/mol. The molecule has 0 aliphatic rings. The maximum atomic E-state index is 10.4. The topological polar surface area (TPSA) is 207 Å². The van der Waals surface area contributed by atoms with E-state index >= 15 is 0 Å². The van der Waals surface area contributed by atoms with E-state index in [9.17, 15) is 39.6 Å². The van der Waals surface area contributed by atoms with Crippen molar-refractivity contribution in [2.24, 2.45) is 0 Å². The van der Waals surface area contributed by atoms with E-state index in [1.54, 1.807) is 0 Å². The van der Waals surface area contributed by atoms with Crippen molar-refractivity contribution in [1.29, 1.82) is 0 Å². The Kier molecular flexibility index (Phi) is 42.5. The molecule has 0 aliphatic heterocycles.